The van der Waals surface area contributed by atoms with Crippen LogP contribution < -0.4 is 9.47 Å². The van der Waals surface area contributed by atoms with Gasteiger partial charge in [-0.15, -0.1) is 0 Å². The summed E-state index contributed by atoms with van der Waals surface area (Å²) in [6.45, 7) is 3.23. The fourth-order valence-electron chi connectivity index (χ4n) is 7.31. The Morgan fingerprint density at radius 3 is 1.42 bits per heavy atom. The highest BCUT2D eigenvalue weighted by atomic mass is 16.7. The number of benzene rings is 5. The van der Waals surface area contributed by atoms with E-state index in [2.05, 4.69) is 0 Å². The lowest BCUT2D eigenvalue weighted by Gasteiger charge is -2.48. The minimum Gasteiger partial charge on any atom is -0.497 e. The molecule has 10 atom stereocenters. The van der Waals surface area contributed by atoms with Crippen LogP contribution >= 0.6 is 0 Å². The summed E-state index contributed by atoms with van der Waals surface area (Å²) in [7, 11) is 1.61. The van der Waals surface area contributed by atoms with Gasteiger partial charge >= 0.3 is 0 Å². The van der Waals surface area contributed by atoms with Crippen LogP contribution in [0.1, 0.15) is 29.2 Å². The SMILES string of the molecule is COc1ccc(O[C@H]2O[C@H](COCc3ccccc3)[C@@H](O[C@@H]3OC(COCc4ccccc4)[C@H](O)[C@H](O)C3OCc3ccccc3)C(C)C2OCc2ccccc2)cc1. The van der Waals surface area contributed by atoms with Gasteiger partial charge in [-0.2, -0.15) is 0 Å². The van der Waals surface area contributed by atoms with Crippen molar-refractivity contribution in [2.45, 2.75) is 88.7 Å². The van der Waals surface area contributed by atoms with Crippen LogP contribution in [0.2, 0.25) is 0 Å². The van der Waals surface area contributed by atoms with Crippen LogP contribution in [0.15, 0.2) is 146 Å². The summed E-state index contributed by atoms with van der Waals surface area (Å²) < 4.78 is 57.5. The van der Waals surface area contributed by atoms with E-state index in [1.807, 2.05) is 153 Å². The summed E-state index contributed by atoms with van der Waals surface area (Å²) in [5, 5.41) is 23.1. The van der Waals surface area contributed by atoms with Gasteiger partial charge < -0.3 is 52.8 Å². The summed E-state index contributed by atoms with van der Waals surface area (Å²) >= 11 is 0. The number of rotatable bonds is 19. The Kier molecular flexibility index (Phi) is 15.5. The summed E-state index contributed by atoms with van der Waals surface area (Å²) in [6.07, 6.45) is -8.76. The molecule has 59 heavy (non-hydrogen) atoms. The number of aliphatic hydroxyl groups excluding tert-OH is 2. The van der Waals surface area contributed by atoms with Gasteiger partial charge in [0, 0.05) is 5.92 Å². The minimum absolute atomic E-state index is 0.000686. The second kappa shape index (κ2) is 21.6. The molecule has 2 heterocycles. The maximum Gasteiger partial charge on any atom is 0.227 e. The second-order valence-electron chi connectivity index (χ2n) is 14.8. The van der Waals surface area contributed by atoms with Crippen molar-refractivity contribution in [2.24, 2.45) is 5.92 Å². The van der Waals surface area contributed by atoms with Gasteiger partial charge in [-0.25, -0.2) is 0 Å². The maximum atomic E-state index is 11.7. The number of aliphatic hydroxyl groups is 2. The highest BCUT2D eigenvalue weighted by Gasteiger charge is 2.52. The van der Waals surface area contributed by atoms with E-state index in [9.17, 15) is 10.2 Å². The number of hydrogen-bond donors (Lipinski definition) is 2. The molecule has 11 nitrogen and oxygen atoms in total. The monoisotopic (exact) mass is 806 g/mol. The summed E-state index contributed by atoms with van der Waals surface area (Å²) in [5.41, 5.74) is 3.84. The van der Waals surface area contributed by atoms with Gasteiger partial charge in [-0.3, -0.25) is 0 Å². The molecule has 4 unspecified atom stereocenters. The number of ether oxygens (including phenoxy) is 9. The van der Waals surface area contributed by atoms with Crippen LogP contribution in [-0.4, -0.2) is 85.8 Å². The van der Waals surface area contributed by atoms with Gasteiger partial charge in [-0.1, -0.05) is 128 Å². The summed E-state index contributed by atoms with van der Waals surface area (Å²) in [6, 6.07) is 46.4. The lowest BCUT2D eigenvalue weighted by Crippen LogP contribution is -2.64. The van der Waals surface area contributed by atoms with E-state index in [0.29, 0.717) is 24.7 Å². The van der Waals surface area contributed by atoms with E-state index in [0.717, 1.165) is 22.3 Å². The molecule has 7 rings (SSSR count). The molecule has 2 aliphatic heterocycles. The molecule has 2 saturated heterocycles. The van der Waals surface area contributed by atoms with Crippen LogP contribution in [-0.2, 0) is 59.6 Å². The van der Waals surface area contributed by atoms with Crippen molar-refractivity contribution in [1.82, 2.24) is 0 Å². The Balaban J connectivity index is 1.16. The molecule has 0 bridgehead atoms. The first-order chi connectivity index (χ1) is 28.9. The number of methoxy groups -OCH3 is 1. The first-order valence-corrected chi connectivity index (χ1v) is 20.1. The largest absolute Gasteiger partial charge is 0.497 e. The lowest BCUT2D eigenvalue weighted by molar-refractivity contribution is -0.356. The molecule has 2 aliphatic rings. The Bertz CT molecular complexity index is 1920. The summed E-state index contributed by atoms with van der Waals surface area (Å²) in [5.74, 6) is 0.886. The molecule has 0 aromatic heterocycles. The van der Waals surface area contributed by atoms with Gasteiger partial charge in [0.15, 0.2) is 6.29 Å². The van der Waals surface area contributed by atoms with Crippen molar-refractivity contribution in [3.05, 3.63) is 168 Å². The van der Waals surface area contributed by atoms with Crippen molar-refractivity contribution in [2.75, 3.05) is 20.3 Å². The van der Waals surface area contributed by atoms with Gasteiger partial charge in [0.2, 0.25) is 6.29 Å². The summed E-state index contributed by atoms with van der Waals surface area (Å²) in [4.78, 5) is 0. The van der Waals surface area contributed by atoms with Crippen LogP contribution in [0, 0.1) is 5.92 Å². The average Bonchev–Trinajstić information content (AvgIpc) is 3.28. The smallest absolute Gasteiger partial charge is 0.227 e. The van der Waals surface area contributed by atoms with Crippen LogP contribution in [0.3, 0.4) is 0 Å². The topological polar surface area (TPSA) is 124 Å². The zero-order valence-electron chi connectivity index (χ0n) is 33.4. The molecule has 0 radical (unpaired) electrons. The Morgan fingerprint density at radius 1 is 0.475 bits per heavy atom. The predicted octanol–water partition coefficient (Wildman–Crippen LogP) is 6.87. The van der Waals surface area contributed by atoms with Crippen molar-refractivity contribution < 1.29 is 52.8 Å². The molecule has 5 aromatic rings. The third-order valence-electron chi connectivity index (χ3n) is 10.6. The van der Waals surface area contributed by atoms with Gasteiger partial charge in [0.1, 0.15) is 48.1 Å². The third kappa shape index (κ3) is 11.8. The highest BCUT2D eigenvalue weighted by molar-refractivity contribution is 5.31. The zero-order valence-corrected chi connectivity index (χ0v) is 33.4. The van der Waals surface area contributed by atoms with E-state index in [1.165, 1.54) is 0 Å². The normalized spacial score (nSPS) is 26.9. The van der Waals surface area contributed by atoms with Crippen molar-refractivity contribution in [1.29, 1.82) is 0 Å². The minimum atomic E-state index is -1.37. The van der Waals surface area contributed by atoms with E-state index in [1.54, 1.807) is 7.11 Å². The molecule has 0 spiro atoms. The standard InChI is InChI=1S/C48H54O11/c1-33-44(59-48-46(55-30-37-21-13-6-14-22-37)43(50)42(49)40(57-48)31-52-27-34-15-7-3-8-16-34)41(32-53-28-35-17-9-4-10-18-35)58-47(56-39-25-23-38(51-2)24-26-39)45(33)54-29-36-19-11-5-12-20-36/h3-26,33,40-50H,27-32H2,1-2H3/t33?,40?,41-,42+,43+,44+,45?,46?,47+,48+/m1/s1. The number of hydrogen-bond acceptors (Lipinski definition) is 11. The van der Waals surface area contributed by atoms with Crippen molar-refractivity contribution in [3.63, 3.8) is 0 Å². The van der Waals surface area contributed by atoms with Gasteiger partial charge in [-0.05, 0) is 46.5 Å². The molecule has 2 N–H and O–H groups in total. The predicted molar refractivity (Wildman–Crippen MR) is 219 cm³/mol. The van der Waals surface area contributed by atoms with Crippen LogP contribution in [0.25, 0.3) is 0 Å². The van der Waals surface area contributed by atoms with Crippen LogP contribution in [0.4, 0.5) is 0 Å². The van der Waals surface area contributed by atoms with Crippen molar-refractivity contribution in [3.8, 4) is 11.5 Å². The third-order valence-corrected chi connectivity index (χ3v) is 10.6. The van der Waals surface area contributed by atoms with Crippen LogP contribution in [0.5, 0.6) is 11.5 Å². The molecule has 2 fully saturated rings. The molecule has 5 aromatic carbocycles. The molecule has 0 aliphatic carbocycles. The fraction of sp³-hybridized carbons (Fsp3) is 0.375. The lowest BCUT2D eigenvalue weighted by atomic mass is 9.89. The Hall–Kier alpha value is -4.66. The van der Waals surface area contributed by atoms with E-state index in [4.69, 9.17) is 42.6 Å². The van der Waals surface area contributed by atoms with E-state index in [-0.39, 0.29) is 32.3 Å². The van der Waals surface area contributed by atoms with Gasteiger partial charge in [0.25, 0.3) is 0 Å². The maximum absolute atomic E-state index is 11.7. The fourth-order valence-corrected chi connectivity index (χ4v) is 7.31. The highest BCUT2D eigenvalue weighted by Crippen LogP contribution is 2.36. The zero-order chi connectivity index (χ0) is 40.8. The second-order valence-corrected chi connectivity index (χ2v) is 14.8. The molecule has 11 heteroatoms. The van der Waals surface area contributed by atoms with Gasteiger partial charge in [0.05, 0.1) is 52.9 Å². The average molecular weight is 807 g/mol. The first kappa shape index (κ1) is 42.5. The molecular weight excluding hydrogens is 753 g/mol. The first-order valence-electron chi connectivity index (χ1n) is 20.1. The quantitative estimate of drug-likeness (QED) is 0.0909. The molecule has 0 saturated carbocycles. The van der Waals surface area contributed by atoms with E-state index < -0.39 is 55.3 Å². The van der Waals surface area contributed by atoms with E-state index >= 15 is 0 Å². The Labute approximate surface area is 346 Å². The molecule has 0 amide bonds. The van der Waals surface area contributed by atoms with Crippen molar-refractivity contribution >= 4 is 0 Å². The Morgan fingerprint density at radius 2 is 0.915 bits per heavy atom. The molecule has 312 valence electrons. The molecular formula is C48H54O11.